The van der Waals surface area contributed by atoms with E-state index in [-0.39, 0.29) is 5.56 Å². The topological polar surface area (TPSA) is 56.1 Å². The quantitative estimate of drug-likeness (QED) is 0.693. The molecule has 1 saturated carbocycles. The fourth-order valence-corrected chi connectivity index (χ4v) is 1.90. The first-order valence-corrected chi connectivity index (χ1v) is 7.18. The van der Waals surface area contributed by atoms with Gasteiger partial charge < -0.3 is 14.6 Å². The Morgan fingerprint density at radius 2 is 2.37 bits per heavy atom. The van der Waals surface area contributed by atoms with Crippen molar-refractivity contribution in [1.82, 2.24) is 9.55 Å². The van der Waals surface area contributed by atoms with Crippen molar-refractivity contribution >= 4 is 5.82 Å². The van der Waals surface area contributed by atoms with Crippen LogP contribution < -0.4 is 10.9 Å². The number of ether oxygens (including phenoxy) is 1. The Kier molecular flexibility index (Phi) is 5.39. The summed E-state index contributed by atoms with van der Waals surface area (Å²) in [4.78, 5) is 16.1. The molecule has 0 unspecified atom stereocenters. The number of aryl methyl sites for hydroxylation is 1. The summed E-state index contributed by atoms with van der Waals surface area (Å²) in [5.41, 5.74) is -0.0387. The molecule has 1 aliphatic carbocycles. The first-order valence-electron chi connectivity index (χ1n) is 7.18. The zero-order chi connectivity index (χ0) is 13.5. The van der Waals surface area contributed by atoms with E-state index in [1.807, 2.05) is 0 Å². The van der Waals surface area contributed by atoms with Crippen LogP contribution in [0.1, 0.15) is 32.6 Å². The minimum Gasteiger partial charge on any atom is -0.381 e. The molecule has 0 bridgehead atoms. The summed E-state index contributed by atoms with van der Waals surface area (Å²) < 4.78 is 7.24. The third kappa shape index (κ3) is 4.67. The zero-order valence-electron chi connectivity index (χ0n) is 11.6. The van der Waals surface area contributed by atoms with E-state index >= 15 is 0 Å². The molecule has 1 aliphatic rings. The summed E-state index contributed by atoms with van der Waals surface area (Å²) >= 11 is 0. The normalized spacial score (nSPS) is 14.6. The molecule has 1 fully saturated rings. The molecule has 19 heavy (non-hydrogen) atoms. The standard InChI is InChI=1S/C14H23N3O2/c1-2-8-17-9-7-16-13(14(17)18)15-6-3-10-19-11-12-4-5-12/h7,9,12H,2-6,8,10-11H2,1H3,(H,15,16). The number of nitrogens with zero attached hydrogens (tertiary/aromatic N) is 2. The highest BCUT2D eigenvalue weighted by Gasteiger charge is 2.20. The van der Waals surface area contributed by atoms with E-state index in [1.54, 1.807) is 17.0 Å². The average Bonchev–Trinajstić information content (AvgIpc) is 3.22. The van der Waals surface area contributed by atoms with Crippen molar-refractivity contribution in [2.24, 2.45) is 5.92 Å². The number of nitrogens with one attached hydrogen (secondary N) is 1. The summed E-state index contributed by atoms with van der Waals surface area (Å²) in [6.45, 7) is 5.16. The first-order chi connectivity index (χ1) is 9.31. The molecule has 0 atom stereocenters. The fourth-order valence-electron chi connectivity index (χ4n) is 1.90. The van der Waals surface area contributed by atoms with E-state index in [4.69, 9.17) is 4.74 Å². The highest BCUT2D eigenvalue weighted by atomic mass is 16.5. The Balaban J connectivity index is 1.69. The van der Waals surface area contributed by atoms with Crippen LogP contribution in [0.5, 0.6) is 0 Å². The smallest absolute Gasteiger partial charge is 0.293 e. The minimum absolute atomic E-state index is 0.0387. The minimum atomic E-state index is -0.0387. The van der Waals surface area contributed by atoms with E-state index in [1.165, 1.54) is 12.8 Å². The molecule has 5 nitrogen and oxygen atoms in total. The first kappa shape index (κ1) is 14.1. The summed E-state index contributed by atoms with van der Waals surface area (Å²) in [6.07, 6.45) is 7.89. The fraction of sp³-hybridized carbons (Fsp3) is 0.714. The monoisotopic (exact) mass is 265 g/mol. The van der Waals surface area contributed by atoms with Crippen LogP contribution in [0.2, 0.25) is 0 Å². The second kappa shape index (κ2) is 7.28. The van der Waals surface area contributed by atoms with Gasteiger partial charge in [0.15, 0.2) is 5.82 Å². The van der Waals surface area contributed by atoms with Gasteiger partial charge in [-0.3, -0.25) is 4.79 Å². The lowest BCUT2D eigenvalue weighted by Gasteiger charge is -2.08. The van der Waals surface area contributed by atoms with Gasteiger partial charge in [0.05, 0.1) is 0 Å². The maximum atomic E-state index is 12.0. The highest BCUT2D eigenvalue weighted by Crippen LogP contribution is 2.28. The van der Waals surface area contributed by atoms with Crippen LogP contribution in [0.4, 0.5) is 5.82 Å². The van der Waals surface area contributed by atoms with Crippen LogP contribution in [0.25, 0.3) is 0 Å². The maximum absolute atomic E-state index is 12.0. The Bertz CT molecular complexity index is 441. The lowest BCUT2D eigenvalue weighted by Crippen LogP contribution is -2.24. The average molecular weight is 265 g/mol. The van der Waals surface area contributed by atoms with Crippen molar-refractivity contribution in [2.75, 3.05) is 25.1 Å². The van der Waals surface area contributed by atoms with E-state index in [9.17, 15) is 4.79 Å². The van der Waals surface area contributed by atoms with Gasteiger partial charge in [-0.2, -0.15) is 0 Å². The molecule has 0 radical (unpaired) electrons. The third-order valence-corrected chi connectivity index (χ3v) is 3.19. The molecule has 0 aliphatic heterocycles. The van der Waals surface area contributed by atoms with E-state index in [2.05, 4.69) is 17.2 Å². The molecular formula is C14H23N3O2. The van der Waals surface area contributed by atoms with Gasteiger partial charge in [0.1, 0.15) is 0 Å². The van der Waals surface area contributed by atoms with Crippen molar-refractivity contribution in [3.8, 4) is 0 Å². The van der Waals surface area contributed by atoms with Gasteiger partial charge in [-0.25, -0.2) is 4.98 Å². The molecule has 1 N–H and O–H groups in total. The number of aromatic nitrogens is 2. The van der Waals surface area contributed by atoms with Crippen LogP contribution in [0.15, 0.2) is 17.2 Å². The van der Waals surface area contributed by atoms with Gasteiger partial charge in [0.2, 0.25) is 0 Å². The number of hydrogen-bond donors (Lipinski definition) is 1. The van der Waals surface area contributed by atoms with Gasteiger partial charge in [-0.1, -0.05) is 6.92 Å². The number of rotatable bonds is 9. The predicted octanol–water partition coefficient (Wildman–Crippen LogP) is 1.88. The van der Waals surface area contributed by atoms with Gasteiger partial charge in [0.25, 0.3) is 5.56 Å². The van der Waals surface area contributed by atoms with Crippen molar-refractivity contribution in [3.05, 3.63) is 22.7 Å². The van der Waals surface area contributed by atoms with Crippen LogP contribution in [0, 0.1) is 5.92 Å². The molecular weight excluding hydrogens is 242 g/mol. The van der Waals surface area contributed by atoms with E-state index in [0.29, 0.717) is 5.82 Å². The molecule has 0 aromatic carbocycles. The van der Waals surface area contributed by atoms with Crippen molar-refractivity contribution in [1.29, 1.82) is 0 Å². The molecule has 0 amide bonds. The molecule has 0 spiro atoms. The van der Waals surface area contributed by atoms with Gasteiger partial charge in [0, 0.05) is 38.7 Å². The summed E-state index contributed by atoms with van der Waals surface area (Å²) in [5.74, 6) is 1.25. The second-order valence-corrected chi connectivity index (χ2v) is 5.07. The Labute approximate surface area is 114 Å². The molecule has 1 aromatic rings. The Morgan fingerprint density at radius 1 is 1.53 bits per heavy atom. The van der Waals surface area contributed by atoms with Crippen molar-refractivity contribution in [2.45, 2.75) is 39.2 Å². The Morgan fingerprint density at radius 3 is 3.11 bits per heavy atom. The van der Waals surface area contributed by atoms with Crippen LogP contribution in [0.3, 0.4) is 0 Å². The summed E-state index contributed by atoms with van der Waals surface area (Å²) in [6, 6.07) is 0. The second-order valence-electron chi connectivity index (χ2n) is 5.07. The largest absolute Gasteiger partial charge is 0.381 e. The van der Waals surface area contributed by atoms with Crippen LogP contribution in [-0.4, -0.2) is 29.3 Å². The zero-order valence-corrected chi connectivity index (χ0v) is 11.6. The molecule has 106 valence electrons. The molecule has 5 heteroatoms. The molecule has 2 rings (SSSR count). The van der Waals surface area contributed by atoms with Gasteiger partial charge in [-0.15, -0.1) is 0 Å². The van der Waals surface area contributed by atoms with Crippen LogP contribution >= 0.6 is 0 Å². The number of anilines is 1. The SMILES string of the molecule is CCCn1ccnc(NCCCOCC2CC2)c1=O. The van der Waals surface area contributed by atoms with Crippen LogP contribution in [-0.2, 0) is 11.3 Å². The summed E-state index contributed by atoms with van der Waals surface area (Å²) in [7, 11) is 0. The lowest BCUT2D eigenvalue weighted by atomic mass is 10.4. The van der Waals surface area contributed by atoms with Gasteiger partial charge in [-0.05, 0) is 31.6 Å². The van der Waals surface area contributed by atoms with Crippen molar-refractivity contribution in [3.63, 3.8) is 0 Å². The van der Waals surface area contributed by atoms with Gasteiger partial charge >= 0.3 is 0 Å². The summed E-state index contributed by atoms with van der Waals surface area (Å²) in [5, 5.41) is 3.09. The molecule has 1 aromatic heterocycles. The lowest BCUT2D eigenvalue weighted by molar-refractivity contribution is 0.124. The third-order valence-electron chi connectivity index (χ3n) is 3.19. The molecule has 1 heterocycles. The van der Waals surface area contributed by atoms with E-state index < -0.39 is 0 Å². The molecule has 0 saturated heterocycles. The maximum Gasteiger partial charge on any atom is 0.293 e. The Hall–Kier alpha value is -1.36. The van der Waals surface area contributed by atoms with Crippen molar-refractivity contribution < 1.29 is 4.74 Å². The highest BCUT2D eigenvalue weighted by molar-refractivity contribution is 5.30. The van der Waals surface area contributed by atoms with E-state index in [0.717, 1.165) is 45.1 Å². The number of hydrogen-bond acceptors (Lipinski definition) is 4. The predicted molar refractivity (Wildman–Crippen MR) is 75.4 cm³/mol.